The van der Waals surface area contributed by atoms with E-state index in [-0.39, 0.29) is 0 Å². The van der Waals surface area contributed by atoms with Gasteiger partial charge in [0, 0.05) is 22.3 Å². The van der Waals surface area contributed by atoms with Crippen LogP contribution >= 0.6 is 35.4 Å². The summed E-state index contributed by atoms with van der Waals surface area (Å²) in [5.41, 5.74) is 3.14. The molecule has 5 heteroatoms. The average Bonchev–Trinajstić information content (AvgIpc) is 2.45. The Labute approximate surface area is 140 Å². The van der Waals surface area contributed by atoms with E-state index >= 15 is 0 Å². The zero-order valence-corrected chi connectivity index (χ0v) is 13.9. The first kappa shape index (κ1) is 16.1. The van der Waals surface area contributed by atoms with Crippen LogP contribution in [0.2, 0.25) is 10.0 Å². The van der Waals surface area contributed by atoms with Gasteiger partial charge in [0.25, 0.3) is 0 Å². The molecule has 0 unspecified atom stereocenters. The molecule has 21 heavy (non-hydrogen) atoms. The summed E-state index contributed by atoms with van der Waals surface area (Å²) in [6.07, 6.45) is 0.883. The highest BCUT2D eigenvalue weighted by molar-refractivity contribution is 7.80. The molecule has 2 N–H and O–H groups in total. The number of halogens is 2. The van der Waals surface area contributed by atoms with Crippen molar-refractivity contribution in [2.75, 3.05) is 11.9 Å². The molecule has 0 saturated heterocycles. The number of thiocarbonyl (C=S) groups is 1. The van der Waals surface area contributed by atoms with Gasteiger partial charge < -0.3 is 10.6 Å². The Hall–Kier alpha value is -1.29. The molecule has 0 saturated carbocycles. The highest BCUT2D eigenvalue weighted by Crippen LogP contribution is 2.19. The van der Waals surface area contributed by atoms with Crippen LogP contribution in [-0.2, 0) is 6.42 Å². The Bertz CT molecular complexity index is 627. The second kappa shape index (κ2) is 7.64. The molecule has 2 nitrogen and oxygen atoms in total. The minimum atomic E-state index is 0.587. The van der Waals surface area contributed by atoms with E-state index in [2.05, 4.69) is 10.6 Å². The Kier molecular flexibility index (Phi) is 5.85. The van der Waals surface area contributed by atoms with Crippen LogP contribution in [0.5, 0.6) is 0 Å². The van der Waals surface area contributed by atoms with Crippen LogP contribution in [-0.4, -0.2) is 11.7 Å². The maximum atomic E-state index is 6.08. The number of nitrogens with one attached hydrogen (secondary N) is 2. The monoisotopic (exact) mass is 338 g/mol. The predicted octanol–water partition coefficient (Wildman–Crippen LogP) is 4.83. The first-order valence-corrected chi connectivity index (χ1v) is 7.76. The van der Waals surface area contributed by atoms with Gasteiger partial charge in [-0.05, 0) is 61.0 Å². The molecule has 2 aromatic rings. The normalized spacial score (nSPS) is 10.2. The molecule has 0 fully saturated rings. The van der Waals surface area contributed by atoms with E-state index in [1.807, 2.05) is 49.4 Å². The van der Waals surface area contributed by atoms with Gasteiger partial charge >= 0.3 is 0 Å². The van der Waals surface area contributed by atoms with Crippen LogP contribution in [0.15, 0.2) is 42.5 Å². The van der Waals surface area contributed by atoms with Crippen molar-refractivity contribution < 1.29 is 0 Å². The van der Waals surface area contributed by atoms with Crippen LogP contribution in [0.25, 0.3) is 0 Å². The van der Waals surface area contributed by atoms with Crippen LogP contribution < -0.4 is 10.6 Å². The zero-order chi connectivity index (χ0) is 15.2. The summed E-state index contributed by atoms with van der Waals surface area (Å²) in [5.74, 6) is 0. The first-order chi connectivity index (χ1) is 10.0. The van der Waals surface area contributed by atoms with Crippen molar-refractivity contribution in [3.8, 4) is 0 Å². The molecular formula is C16H16Cl2N2S. The van der Waals surface area contributed by atoms with Gasteiger partial charge in [-0.2, -0.15) is 0 Å². The third-order valence-corrected chi connectivity index (χ3v) is 3.95. The largest absolute Gasteiger partial charge is 0.362 e. The van der Waals surface area contributed by atoms with Crippen molar-refractivity contribution in [3.05, 3.63) is 63.6 Å². The standard InChI is InChI=1S/C16H16Cl2N2S/c1-11-2-7-14(10-15(11)18)20-16(21)19-9-8-12-3-5-13(17)6-4-12/h2-7,10H,8-9H2,1H3,(H2,19,20,21). The smallest absolute Gasteiger partial charge is 0.170 e. The fourth-order valence-corrected chi connectivity index (χ4v) is 2.34. The quantitative estimate of drug-likeness (QED) is 0.780. The lowest BCUT2D eigenvalue weighted by Crippen LogP contribution is -2.30. The third-order valence-electron chi connectivity index (χ3n) is 3.04. The second-order valence-corrected chi connectivity index (χ2v) is 5.97. The highest BCUT2D eigenvalue weighted by atomic mass is 35.5. The molecule has 0 aliphatic heterocycles. The number of rotatable bonds is 4. The summed E-state index contributed by atoms with van der Waals surface area (Å²) in [4.78, 5) is 0. The molecule has 2 rings (SSSR count). The zero-order valence-electron chi connectivity index (χ0n) is 11.6. The molecule has 110 valence electrons. The van der Waals surface area contributed by atoms with E-state index < -0.39 is 0 Å². The van der Waals surface area contributed by atoms with E-state index in [4.69, 9.17) is 35.4 Å². The Morgan fingerprint density at radius 3 is 2.48 bits per heavy atom. The summed E-state index contributed by atoms with van der Waals surface area (Å²) in [7, 11) is 0. The summed E-state index contributed by atoms with van der Waals surface area (Å²) >= 11 is 17.2. The fourth-order valence-electron chi connectivity index (χ4n) is 1.82. The molecule has 0 amide bonds. The lowest BCUT2D eigenvalue weighted by molar-refractivity contribution is 0.873. The molecule has 0 aromatic heterocycles. The van der Waals surface area contributed by atoms with Gasteiger partial charge in [-0.3, -0.25) is 0 Å². The van der Waals surface area contributed by atoms with Gasteiger partial charge in [0.1, 0.15) is 0 Å². The Morgan fingerprint density at radius 1 is 1.10 bits per heavy atom. The van der Waals surface area contributed by atoms with E-state index in [1.54, 1.807) is 0 Å². The lowest BCUT2D eigenvalue weighted by Gasteiger charge is -2.11. The van der Waals surface area contributed by atoms with Gasteiger partial charge in [-0.1, -0.05) is 41.4 Å². The number of hydrogen-bond acceptors (Lipinski definition) is 1. The molecular weight excluding hydrogens is 323 g/mol. The number of hydrogen-bond donors (Lipinski definition) is 2. The van der Waals surface area contributed by atoms with Crippen molar-refractivity contribution in [2.24, 2.45) is 0 Å². The van der Waals surface area contributed by atoms with Crippen molar-refractivity contribution >= 4 is 46.2 Å². The van der Waals surface area contributed by atoms with Crippen LogP contribution in [0.4, 0.5) is 5.69 Å². The van der Waals surface area contributed by atoms with Crippen molar-refractivity contribution in [1.29, 1.82) is 0 Å². The predicted molar refractivity (Wildman–Crippen MR) is 95.6 cm³/mol. The fraction of sp³-hybridized carbons (Fsp3) is 0.188. The van der Waals surface area contributed by atoms with Gasteiger partial charge in [-0.15, -0.1) is 0 Å². The summed E-state index contributed by atoms with van der Waals surface area (Å²) in [6, 6.07) is 13.6. The first-order valence-electron chi connectivity index (χ1n) is 6.60. The maximum absolute atomic E-state index is 6.08. The maximum Gasteiger partial charge on any atom is 0.170 e. The van der Waals surface area contributed by atoms with Crippen molar-refractivity contribution in [2.45, 2.75) is 13.3 Å². The number of aryl methyl sites for hydroxylation is 1. The third kappa shape index (κ3) is 5.20. The number of anilines is 1. The van der Waals surface area contributed by atoms with Gasteiger partial charge in [0.2, 0.25) is 0 Å². The second-order valence-electron chi connectivity index (χ2n) is 4.72. The highest BCUT2D eigenvalue weighted by Gasteiger charge is 2.01. The van der Waals surface area contributed by atoms with Crippen molar-refractivity contribution in [1.82, 2.24) is 5.32 Å². The summed E-state index contributed by atoms with van der Waals surface area (Å²) in [5, 5.41) is 8.36. The van der Waals surface area contributed by atoms with E-state index in [0.717, 1.165) is 34.3 Å². The Balaban J connectivity index is 1.79. The molecule has 0 spiro atoms. The molecule has 0 radical (unpaired) electrons. The molecule has 2 aromatic carbocycles. The summed E-state index contributed by atoms with van der Waals surface area (Å²) in [6.45, 7) is 2.72. The van der Waals surface area contributed by atoms with Gasteiger partial charge in [0.05, 0.1) is 0 Å². The minimum absolute atomic E-state index is 0.587. The minimum Gasteiger partial charge on any atom is -0.362 e. The topological polar surface area (TPSA) is 24.1 Å². The molecule has 0 aliphatic carbocycles. The van der Waals surface area contributed by atoms with Crippen LogP contribution in [0, 0.1) is 6.92 Å². The SMILES string of the molecule is Cc1ccc(NC(=S)NCCc2ccc(Cl)cc2)cc1Cl. The van der Waals surface area contributed by atoms with Crippen LogP contribution in [0.3, 0.4) is 0 Å². The van der Waals surface area contributed by atoms with Gasteiger partial charge in [-0.25, -0.2) is 0 Å². The molecule has 0 atom stereocenters. The Morgan fingerprint density at radius 2 is 1.81 bits per heavy atom. The average molecular weight is 339 g/mol. The van der Waals surface area contributed by atoms with Crippen LogP contribution in [0.1, 0.15) is 11.1 Å². The van der Waals surface area contributed by atoms with E-state index in [0.29, 0.717) is 5.11 Å². The van der Waals surface area contributed by atoms with E-state index in [1.165, 1.54) is 5.56 Å². The van der Waals surface area contributed by atoms with Gasteiger partial charge in [0.15, 0.2) is 5.11 Å². The number of benzene rings is 2. The lowest BCUT2D eigenvalue weighted by atomic mass is 10.1. The molecule has 0 heterocycles. The van der Waals surface area contributed by atoms with E-state index in [9.17, 15) is 0 Å². The summed E-state index contributed by atoms with van der Waals surface area (Å²) < 4.78 is 0. The molecule has 0 bridgehead atoms. The molecule has 0 aliphatic rings. The van der Waals surface area contributed by atoms with Crippen molar-refractivity contribution in [3.63, 3.8) is 0 Å².